The van der Waals surface area contributed by atoms with Crippen molar-refractivity contribution in [3.63, 3.8) is 0 Å². The molecule has 8 heteroatoms. The van der Waals surface area contributed by atoms with Crippen LogP contribution in [0.2, 0.25) is 0 Å². The second-order valence-electron chi connectivity index (χ2n) is 9.46. The molecule has 190 valence electrons. The van der Waals surface area contributed by atoms with Crippen LogP contribution in [-0.2, 0) is 10.0 Å². The standard InChI is InChI=1S/C27H38N4O3S/c1-5-31(6-2)35(33,34)23-12-13-26(28-14-7-8-15-28)24(20-23)27(32)30-18-16-29(17-19-30)25-11-9-10-21(3)22(25)4/h9-13,20H,5-8,14-19H2,1-4H3. The fourth-order valence-corrected chi connectivity index (χ4v) is 6.68. The number of hydrogen-bond acceptors (Lipinski definition) is 5. The smallest absolute Gasteiger partial charge is 0.256 e. The summed E-state index contributed by atoms with van der Waals surface area (Å²) in [6.07, 6.45) is 2.17. The van der Waals surface area contributed by atoms with E-state index in [9.17, 15) is 13.2 Å². The van der Waals surface area contributed by atoms with Gasteiger partial charge in [-0.2, -0.15) is 4.31 Å². The number of aryl methyl sites for hydroxylation is 1. The Balaban J connectivity index is 1.61. The summed E-state index contributed by atoms with van der Waals surface area (Å²) in [6, 6.07) is 11.5. The first-order chi connectivity index (χ1) is 16.8. The summed E-state index contributed by atoms with van der Waals surface area (Å²) in [7, 11) is -3.65. The number of piperazine rings is 1. The Labute approximate surface area is 210 Å². The Morgan fingerprint density at radius 3 is 2.11 bits per heavy atom. The summed E-state index contributed by atoms with van der Waals surface area (Å²) in [6.45, 7) is 13.3. The van der Waals surface area contributed by atoms with E-state index in [1.54, 1.807) is 12.1 Å². The first-order valence-electron chi connectivity index (χ1n) is 12.8. The number of amides is 1. The molecule has 0 saturated carbocycles. The fraction of sp³-hybridized carbons (Fsp3) is 0.519. The van der Waals surface area contributed by atoms with Gasteiger partial charge in [-0.3, -0.25) is 4.79 Å². The van der Waals surface area contributed by atoms with Crippen molar-refractivity contribution in [1.29, 1.82) is 0 Å². The largest absolute Gasteiger partial charge is 0.371 e. The average molecular weight is 499 g/mol. The van der Waals surface area contributed by atoms with Gasteiger partial charge in [0.25, 0.3) is 5.91 Å². The van der Waals surface area contributed by atoms with Gasteiger partial charge in [-0.05, 0) is 62.1 Å². The molecule has 35 heavy (non-hydrogen) atoms. The van der Waals surface area contributed by atoms with Crippen LogP contribution in [0.1, 0.15) is 48.2 Å². The number of sulfonamides is 1. The number of rotatable bonds is 7. The minimum absolute atomic E-state index is 0.0795. The molecular formula is C27H38N4O3S. The van der Waals surface area contributed by atoms with Gasteiger partial charge >= 0.3 is 0 Å². The lowest BCUT2D eigenvalue weighted by Crippen LogP contribution is -2.49. The van der Waals surface area contributed by atoms with Crippen LogP contribution in [0.5, 0.6) is 0 Å². The van der Waals surface area contributed by atoms with E-state index in [1.807, 2.05) is 24.8 Å². The highest BCUT2D eigenvalue weighted by atomic mass is 32.2. The normalized spacial score (nSPS) is 16.9. The molecule has 4 rings (SSSR count). The van der Waals surface area contributed by atoms with Gasteiger partial charge in [0.2, 0.25) is 10.0 Å². The summed E-state index contributed by atoms with van der Waals surface area (Å²) in [5.41, 5.74) is 5.12. The maximum absolute atomic E-state index is 13.8. The fourth-order valence-electron chi connectivity index (χ4n) is 5.19. The Hall–Kier alpha value is -2.58. The van der Waals surface area contributed by atoms with Gasteiger partial charge in [-0.15, -0.1) is 0 Å². The van der Waals surface area contributed by atoms with Gasteiger partial charge in [0.05, 0.1) is 10.5 Å². The van der Waals surface area contributed by atoms with E-state index >= 15 is 0 Å². The molecule has 0 atom stereocenters. The zero-order chi connectivity index (χ0) is 25.2. The average Bonchev–Trinajstić information content (AvgIpc) is 3.40. The second kappa shape index (κ2) is 10.6. The van der Waals surface area contributed by atoms with Crippen molar-refractivity contribution in [1.82, 2.24) is 9.21 Å². The second-order valence-corrected chi connectivity index (χ2v) is 11.4. The van der Waals surface area contributed by atoms with Gasteiger partial charge in [-0.25, -0.2) is 8.42 Å². The number of anilines is 2. The van der Waals surface area contributed by atoms with Crippen molar-refractivity contribution < 1.29 is 13.2 Å². The third-order valence-electron chi connectivity index (χ3n) is 7.47. The van der Waals surface area contributed by atoms with Crippen LogP contribution in [0, 0.1) is 13.8 Å². The van der Waals surface area contributed by atoms with Crippen LogP contribution < -0.4 is 9.80 Å². The van der Waals surface area contributed by atoms with Crippen molar-refractivity contribution in [2.75, 3.05) is 62.2 Å². The minimum atomic E-state index is -3.65. The summed E-state index contributed by atoms with van der Waals surface area (Å²) >= 11 is 0. The molecule has 2 saturated heterocycles. The van der Waals surface area contributed by atoms with Crippen molar-refractivity contribution >= 4 is 27.3 Å². The summed E-state index contributed by atoms with van der Waals surface area (Å²) in [4.78, 5) is 20.4. The van der Waals surface area contributed by atoms with Gasteiger partial charge in [0, 0.05) is 63.7 Å². The van der Waals surface area contributed by atoms with Crippen LogP contribution in [-0.4, -0.2) is 75.9 Å². The minimum Gasteiger partial charge on any atom is -0.371 e. The molecule has 0 spiro atoms. The first kappa shape index (κ1) is 25.5. The molecule has 0 radical (unpaired) electrons. The van der Waals surface area contributed by atoms with Crippen molar-refractivity contribution in [2.45, 2.75) is 45.4 Å². The lowest BCUT2D eigenvalue weighted by Gasteiger charge is -2.37. The maximum atomic E-state index is 13.8. The predicted octanol–water partition coefficient (Wildman–Crippen LogP) is 3.90. The van der Waals surface area contributed by atoms with E-state index in [4.69, 9.17) is 0 Å². The quantitative estimate of drug-likeness (QED) is 0.579. The molecule has 2 aliphatic heterocycles. The lowest BCUT2D eigenvalue weighted by molar-refractivity contribution is 0.0747. The number of hydrogen-bond donors (Lipinski definition) is 0. The van der Waals surface area contributed by atoms with E-state index < -0.39 is 10.0 Å². The van der Waals surface area contributed by atoms with E-state index in [2.05, 4.69) is 41.8 Å². The van der Waals surface area contributed by atoms with Crippen molar-refractivity contribution in [3.05, 3.63) is 53.1 Å². The zero-order valence-electron chi connectivity index (χ0n) is 21.5. The van der Waals surface area contributed by atoms with Gasteiger partial charge in [0.15, 0.2) is 0 Å². The highest BCUT2D eigenvalue weighted by Gasteiger charge is 2.30. The van der Waals surface area contributed by atoms with Crippen LogP contribution in [0.3, 0.4) is 0 Å². The molecule has 7 nitrogen and oxygen atoms in total. The van der Waals surface area contributed by atoms with Crippen LogP contribution in [0.25, 0.3) is 0 Å². The molecule has 2 aromatic rings. The Kier molecular flexibility index (Phi) is 7.71. The van der Waals surface area contributed by atoms with E-state index in [1.165, 1.54) is 21.1 Å². The molecule has 2 aromatic carbocycles. The van der Waals surface area contributed by atoms with Gasteiger partial charge in [0.1, 0.15) is 0 Å². The molecule has 2 fully saturated rings. The lowest BCUT2D eigenvalue weighted by atomic mass is 10.1. The van der Waals surface area contributed by atoms with Gasteiger partial charge < -0.3 is 14.7 Å². The highest BCUT2D eigenvalue weighted by molar-refractivity contribution is 7.89. The number of nitrogens with zero attached hydrogens (tertiary/aromatic N) is 4. The zero-order valence-corrected chi connectivity index (χ0v) is 22.3. The highest BCUT2D eigenvalue weighted by Crippen LogP contribution is 2.30. The van der Waals surface area contributed by atoms with E-state index in [-0.39, 0.29) is 10.8 Å². The van der Waals surface area contributed by atoms with Crippen molar-refractivity contribution in [2.24, 2.45) is 0 Å². The molecule has 2 aliphatic rings. The third kappa shape index (κ3) is 5.05. The molecule has 2 heterocycles. The Morgan fingerprint density at radius 2 is 1.49 bits per heavy atom. The van der Waals surface area contributed by atoms with Crippen LogP contribution in [0.4, 0.5) is 11.4 Å². The monoisotopic (exact) mass is 498 g/mol. The Morgan fingerprint density at radius 1 is 0.857 bits per heavy atom. The summed E-state index contributed by atoms with van der Waals surface area (Å²) in [5, 5.41) is 0. The third-order valence-corrected chi connectivity index (χ3v) is 9.52. The molecule has 0 N–H and O–H groups in total. The number of benzene rings is 2. The van der Waals surface area contributed by atoms with Gasteiger partial charge in [-0.1, -0.05) is 26.0 Å². The number of carbonyl (C=O) groups is 1. The first-order valence-corrected chi connectivity index (χ1v) is 14.2. The van der Waals surface area contributed by atoms with Crippen LogP contribution in [0.15, 0.2) is 41.3 Å². The molecule has 0 bridgehead atoms. The Bertz CT molecular complexity index is 1160. The summed E-state index contributed by atoms with van der Waals surface area (Å²) < 4.78 is 27.9. The van der Waals surface area contributed by atoms with Crippen molar-refractivity contribution in [3.8, 4) is 0 Å². The molecular weight excluding hydrogens is 460 g/mol. The molecule has 0 unspecified atom stereocenters. The molecule has 0 aliphatic carbocycles. The maximum Gasteiger partial charge on any atom is 0.256 e. The molecule has 1 amide bonds. The number of carbonyl (C=O) groups excluding carboxylic acids is 1. The topological polar surface area (TPSA) is 64.2 Å². The summed E-state index contributed by atoms with van der Waals surface area (Å²) in [5.74, 6) is -0.0795. The SMILES string of the molecule is CCN(CC)S(=O)(=O)c1ccc(N2CCCC2)c(C(=O)N2CCN(c3cccc(C)c3C)CC2)c1. The van der Waals surface area contributed by atoms with Crippen LogP contribution >= 0.6 is 0 Å². The van der Waals surface area contributed by atoms with E-state index in [0.29, 0.717) is 31.7 Å². The van der Waals surface area contributed by atoms with E-state index in [0.717, 1.165) is 44.7 Å². The predicted molar refractivity (Wildman–Crippen MR) is 142 cm³/mol. The molecule has 0 aromatic heterocycles.